The van der Waals surface area contributed by atoms with Crippen LogP contribution in [0.2, 0.25) is 0 Å². The number of hydrogen-bond acceptors (Lipinski definition) is 3. The predicted molar refractivity (Wildman–Crippen MR) is 115 cm³/mol. The molecule has 31 heavy (non-hydrogen) atoms. The fourth-order valence-corrected chi connectivity index (χ4v) is 4.64. The van der Waals surface area contributed by atoms with Gasteiger partial charge in [-0.05, 0) is 92.6 Å². The van der Waals surface area contributed by atoms with Crippen LogP contribution in [0.25, 0.3) is 0 Å². The largest absolute Gasteiger partial charge is 0.487 e. The molecule has 2 aromatic rings. The number of nitrogens with one attached hydrogen (secondary N) is 1. The number of carbonyl (C=O) groups is 1. The Kier molecular flexibility index (Phi) is 7.51. The van der Waals surface area contributed by atoms with Gasteiger partial charge in [-0.15, -0.1) is 0 Å². The molecular formula is C21H19Br2F4NO3. The van der Waals surface area contributed by atoms with E-state index in [1.165, 1.54) is 12.1 Å². The van der Waals surface area contributed by atoms with Crippen molar-refractivity contribution >= 4 is 43.5 Å². The lowest BCUT2D eigenvalue weighted by molar-refractivity contribution is -0.142. The summed E-state index contributed by atoms with van der Waals surface area (Å²) in [4.78, 5) is 10.7. The molecule has 0 radical (unpaired) electrons. The number of anilines is 1. The van der Waals surface area contributed by atoms with Crippen molar-refractivity contribution in [3.05, 3.63) is 56.0 Å². The summed E-state index contributed by atoms with van der Waals surface area (Å²) in [6.07, 6.45) is -3.94. The summed E-state index contributed by atoms with van der Waals surface area (Å²) >= 11 is 6.58. The van der Waals surface area contributed by atoms with Gasteiger partial charge in [0, 0.05) is 18.2 Å². The molecule has 1 unspecified atom stereocenters. The standard InChI is InChI=1S/C21H19Br2F4NO3/c22-16-6-11(8-18(24)20(29)30)7-17(23)19(16)31-10-12-4-13(21(25,26)27)9-15(5-12)28-14-2-1-3-14/h4-7,9,14,18,28H,1-3,8,10H2,(H,29,30). The van der Waals surface area contributed by atoms with E-state index in [1.54, 1.807) is 6.07 Å². The topological polar surface area (TPSA) is 58.6 Å². The Labute approximate surface area is 193 Å². The zero-order chi connectivity index (χ0) is 22.8. The van der Waals surface area contributed by atoms with Crippen molar-refractivity contribution in [1.29, 1.82) is 0 Å². The third-order valence-corrected chi connectivity index (χ3v) is 6.10. The van der Waals surface area contributed by atoms with Crippen molar-refractivity contribution in [3.8, 4) is 5.75 Å². The summed E-state index contributed by atoms with van der Waals surface area (Å²) in [5.41, 5.74) is 0.405. The van der Waals surface area contributed by atoms with E-state index >= 15 is 0 Å². The number of ether oxygens (including phenoxy) is 1. The average Bonchev–Trinajstić information content (AvgIpc) is 2.63. The Morgan fingerprint density at radius 2 is 1.77 bits per heavy atom. The average molecular weight is 569 g/mol. The zero-order valence-corrected chi connectivity index (χ0v) is 19.3. The van der Waals surface area contributed by atoms with Gasteiger partial charge in [-0.1, -0.05) is 0 Å². The lowest BCUT2D eigenvalue weighted by Gasteiger charge is -2.28. The second kappa shape index (κ2) is 9.77. The predicted octanol–water partition coefficient (Wildman–Crippen LogP) is 6.74. The number of hydrogen-bond donors (Lipinski definition) is 2. The first-order chi connectivity index (χ1) is 14.5. The molecule has 1 saturated carbocycles. The number of carboxylic acid groups (broad SMARTS) is 1. The minimum absolute atomic E-state index is 0.124. The Morgan fingerprint density at radius 3 is 2.29 bits per heavy atom. The SMILES string of the molecule is O=C(O)C(F)Cc1cc(Br)c(OCc2cc(NC3CCC3)cc(C(F)(F)F)c2)c(Br)c1. The van der Waals surface area contributed by atoms with Gasteiger partial charge in [0.2, 0.25) is 6.17 Å². The molecular weight excluding hydrogens is 550 g/mol. The highest BCUT2D eigenvalue weighted by atomic mass is 79.9. The van der Waals surface area contributed by atoms with E-state index in [0.717, 1.165) is 31.4 Å². The summed E-state index contributed by atoms with van der Waals surface area (Å²) in [5.74, 6) is -1.23. The molecule has 3 rings (SSSR count). The Balaban J connectivity index is 1.78. The smallest absolute Gasteiger partial charge is 0.416 e. The quantitative estimate of drug-likeness (QED) is 0.346. The zero-order valence-electron chi connectivity index (χ0n) is 16.1. The minimum atomic E-state index is -4.48. The highest BCUT2D eigenvalue weighted by Crippen LogP contribution is 2.37. The molecule has 2 aromatic carbocycles. The second-order valence-corrected chi connectivity index (χ2v) is 9.08. The van der Waals surface area contributed by atoms with Crippen LogP contribution in [0.3, 0.4) is 0 Å². The van der Waals surface area contributed by atoms with E-state index in [-0.39, 0.29) is 19.1 Å². The van der Waals surface area contributed by atoms with Gasteiger partial charge in [0.25, 0.3) is 0 Å². The Bertz CT molecular complexity index is 941. The molecule has 1 aliphatic rings. The van der Waals surface area contributed by atoms with E-state index in [0.29, 0.717) is 31.5 Å². The van der Waals surface area contributed by atoms with E-state index in [9.17, 15) is 22.4 Å². The molecule has 4 nitrogen and oxygen atoms in total. The first-order valence-corrected chi connectivity index (χ1v) is 11.1. The van der Waals surface area contributed by atoms with Crippen molar-refractivity contribution in [2.75, 3.05) is 5.32 Å². The summed E-state index contributed by atoms with van der Waals surface area (Å²) in [5, 5.41) is 11.8. The first-order valence-electron chi connectivity index (χ1n) is 9.48. The molecule has 0 heterocycles. The molecule has 0 saturated heterocycles. The van der Waals surface area contributed by atoms with Crippen LogP contribution in [0.1, 0.15) is 36.0 Å². The molecule has 0 aliphatic heterocycles. The lowest BCUT2D eigenvalue weighted by atomic mass is 9.93. The first kappa shape index (κ1) is 23.8. The van der Waals surface area contributed by atoms with Gasteiger partial charge in [-0.25, -0.2) is 9.18 Å². The summed E-state index contributed by atoms with van der Waals surface area (Å²) in [6, 6.07) is 6.99. The highest BCUT2D eigenvalue weighted by molar-refractivity contribution is 9.11. The third-order valence-electron chi connectivity index (χ3n) is 4.92. The van der Waals surface area contributed by atoms with Gasteiger partial charge in [-0.2, -0.15) is 13.2 Å². The number of aliphatic carboxylic acids is 1. The van der Waals surface area contributed by atoms with E-state index in [4.69, 9.17) is 9.84 Å². The van der Waals surface area contributed by atoms with Crippen LogP contribution in [-0.2, 0) is 24.0 Å². The minimum Gasteiger partial charge on any atom is -0.487 e. The molecule has 0 amide bonds. The molecule has 0 bridgehead atoms. The van der Waals surface area contributed by atoms with Crippen molar-refractivity contribution in [2.24, 2.45) is 0 Å². The molecule has 10 heteroatoms. The maximum Gasteiger partial charge on any atom is 0.416 e. The molecule has 168 valence electrons. The summed E-state index contributed by atoms with van der Waals surface area (Å²) < 4.78 is 60.0. The summed E-state index contributed by atoms with van der Waals surface area (Å²) in [6.45, 7) is -0.124. The van der Waals surface area contributed by atoms with Crippen LogP contribution in [-0.4, -0.2) is 23.3 Å². The number of alkyl halides is 4. The van der Waals surface area contributed by atoms with Crippen molar-refractivity contribution in [1.82, 2.24) is 0 Å². The Morgan fingerprint density at radius 1 is 1.13 bits per heavy atom. The maximum atomic E-state index is 13.5. The number of rotatable bonds is 8. The van der Waals surface area contributed by atoms with Crippen LogP contribution < -0.4 is 10.1 Å². The lowest BCUT2D eigenvalue weighted by Crippen LogP contribution is -2.27. The van der Waals surface area contributed by atoms with E-state index < -0.39 is 23.9 Å². The van der Waals surface area contributed by atoms with Crippen LogP contribution in [0.4, 0.5) is 23.2 Å². The molecule has 0 aromatic heterocycles. The van der Waals surface area contributed by atoms with Crippen LogP contribution in [0.15, 0.2) is 39.3 Å². The van der Waals surface area contributed by atoms with E-state index in [2.05, 4.69) is 37.2 Å². The normalized spacial score (nSPS) is 15.3. The molecule has 1 fully saturated rings. The van der Waals surface area contributed by atoms with Gasteiger partial charge in [0.05, 0.1) is 14.5 Å². The molecule has 0 spiro atoms. The van der Waals surface area contributed by atoms with Crippen LogP contribution in [0, 0.1) is 0 Å². The monoisotopic (exact) mass is 567 g/mol. The van der Waals surface area contributed by atoms with Gasteiger partial charge in [-0.3, -0.25) is 0 Å². The van der Waals surface area contributed by atoms with Crippen LogP contribution in [0.5, 0.6) is 5.75 Å². The fourth-order valence-electron chi connectivity index (χ4n) is 3.13. The van der Waals surface area contributed by atoms with Crippen LogP contribution >= 0.6 is 31.9 Å². The molecule has 2 N–H and O–H groups in total. The Hall–Kier alpha value is -1.81. The highest BCUT2D eigenvalue weighted by Gasteiger charge is 2.31. The summed E-state index contributed by atoms with van der Waals surface area (Å²) in [7, 11) is 0. The number of carboxylic acids is 1. The number of benzene rings is 2. The second-order valence-electron chi connectivity index (χ2n) is 7.38. The molecule has 1 atom stereocenters. The maximum absolute atomic E-state index is 13.5. The fraction of sp³-hybridized carbons (Fsp3) is 0.381. The van der Waals surface area contributed by atoms with Gasteiger partial charge in [0.1, 0.15) is 12.4 Å². The van der Waals surface area contributed by atoms with Gasteiger partial charge >= 0.3 is 12.1 Å². The van der Waals surface area contributed by atoms with Crippen molar-refractivity contribution < 1.29 is 32.2 Å². The van der Waals surface area contributed by atoms with Crippen molar-refractivity contribution in [2.45, 2.75) is 50.7 Å². The van der Waals surface area contributed by atoms with Gasteiger partial charge in [0.15, 0.2) is 0 Å². The van der Waals surface area contributed by atoms with Gasteiger partial charge < -0.3 is 15.2 Å². The van der Waals surface area contributed by atoms with E-state index in [1.807, 2.05) is 0 Å². The van der Waals surface area contributed by atoms with Crippen molar-refractivity contribution in [3.63, 3.8) is 0 Å². The number of halogens is 6. The molecule has 1 aliphatic carbocycles. The third kappa shape index (κ3) is 6.35.